The number of carbonyl (C=O) groups excluding carboxylic acids is 2. The Kier molecular flexibility index (Phi) is 8.07. The third-order valence-electron chi connectivity index (χ3n) is 5.04. The van der Waals surface area contributed by atoms with E-state index in [9.17, 15) is 14.9 Å². The molecule has 3 aromatic rings. The van der Waals surface area contributed by atoms with Crippen molar-refractivity contribution in [3.63, 3.8) is 0 Å². The minimum atomic E-state index is -0.517. The van der Waals surface area contributed by atoms with Crippen molar-refractivity contribution in [3.8, 4) is 11.8 Å². The van der Waals surface area contributed by atoms with E-state index in [1.54, 1.807) is 30.3 Å². The number of hydrogen-bond donors (Lipinski definition) is 2. The van der Waals surface area contributed by atoms with Crippen LogP contribution in [-0.4, -0.2) is 18.4 Å². The Balaban J connectivity index is 1.64. The number of aryl methyl sites for hydroxylation is 3. The summed E-state index contributed by atoms with van der Waals surface area (Å²) in [6.45, 7) is 5.55. The maximum atomic E-state index is 12.5. The largest absolute Gasteiger partial charge is 0.482 e. The summed E-state index contributed by atoms with van der Waals surface area (Å²) < 4.78 is 5.55. The van der Waals surface area contributed by atoms with E-state index < -0.39 is 5.91 Å². The van der Waals surface area contributed by atoms with Gasteiger partial charge in [-0.25, -0.2) is 0 Å². The Hall–Kier alpha value is -4.08. The van der Waals surface area contributed by atoms with E-state index in [0.717, 1.165) is 22.4 Å². The summed E-state index contributed by atoms with van der Waals surface area (Å²) >= 11 is 6.30. The first-order valence-corrected chi connectivity index (χ1v) is 10.9. The standard InChI is InChI=1S/C27H24ClN3O3/c1-17-8-10-24(19(3)12-17)30-26(32)16-34-25-11-9-20(14-22(25)28)13-21(15-29)27(33)31-23-7-5-4-6-18(23)2/h4-14H,16H2,1-3H3,(H,30,32)(H,31,33)/b21-13-. The van der Waals surface area contributed by atoms with Crippen LogP contribution < -0.4 is 15.4 Å². The van der Waals surface area contributed by atoms with Gasteiger partial charge in [-0.1, -0.05) is 53.6 Å². The van der Waals surface area contributed by atoms with Crippen molar-refractivity contribution in [2.45, 2.75) is 20.8 Å². The number of nitrogens with zero attached hydrogens (tertiary/aromatic N) is 1. The van der Waals surface area contributed by atoms with Crippen molar-refractivity contribution >= 4 is 40.9 Å². The molecule has 0 bridgehead atoms. The quantitative estimate of drug-likeness (QED) is 0.333. The maximum absolute atomic E-state index is 12.5. The van der Waals surface area contributed by atoms with Gasteiger partial charge in [0.2, 0.25) is 0 Å². The summed E-state index contributed by atoms with van der Waals surface area (Å²) in [4.78, 5) is 24.8. The maximum Gasteiger partial charge on any atom is 0.266 e. The van der Waals surface area contributed by atoms with Crippen LogP contribution in [0.3, 0.4) is 0 Å². The zero-order valence-electron chi connectivity index (χ0n) is 19.1. The lowest BCUT2D eigenvalue weighted by Gasteiger charge is -2.11. The average molecular weight is 474 g/mol. The molecule has 0 aromatic heterocycles. The van der Waals surface area contributed by atoms with Gasteiger partial charge >= 0.3 is 0 Å². The number of rotatable bonds is 7. The summed E-state index contributed by atoms with van der Waals surface area (Å²) in [5, 5.41) is 15.2. The number of para-hydroxylation sites is 1. The summed E-state index contributed by atoms with van der Waals surface area (Å²) in [6, 6.07) is 19.8. The van der Waals surface area contributed by atoms with Crippen LogP contribution in [0.2, 0.25) is 5.02 Å². The molecule has 0 aliphatic heterocycles. The molecule has 3 aromatic carbocycles. The molecule has 0 heterocycles. The summed E-state index contributed by atoms with van der Waals surface area (Å²) in [7, 11) is 0. The molecule has 0 unspecified atom stereocenters. The molecule has 6 nitrogen and oxygen atoms in total. The number of nitrogens with one attached hydrogen (secondary N) is 2. The smallest absolute Gasteiger partial charge is 0.266 e. The molecule has 0 saturated carbocycles. The molecule has 0 aliphatic rings. The highest BCUT2D eigenvalue weighted by Gasteiger charge is 2.12. The molecule has 0 aliphatic carbocycles. The van der Waals surface area contributed by atoms with Crippen LogP contribution in [0.4, 0.5) is 11.4 Å². The van der Waals surface area contributed by atoms with Gasteiger partial charge in [-0.15, -0.1) is 0 Å². The zero-order valence-corrected chi connectivity index (χ0v) is 19.9. The molecule has 0 fully saturated rings. The molecule has 2 amide bonds. The third-order valence-corrected chi connectivity index (χ3v) is 5.34. The highest BCUT2D eigenvalue weighted by Crippen LogP contribution is 2.27. The molecule has 3 rings (SSSR count). The van der Waals surface area contributed by atoms with Crippen molar-refractivity contribution in [2.24, 2.45) is 0 Å². The van der Waals surface area contributed by atoms with E-state index >= 15 is 0 Å². The van der Waals surface area contributed by atoms with Crippen LogP contribution in [0.1, 0.15) is 22.3 Å². The van der Waals surface area contributed by atoms with Gasteiger partial charge in [0.15, 0.2) is 6.61 Å². The zero-order chi connectivity index (χ0) is 24.7. The molecule has 7 heteroatoms. The highest BCUT2D eigenvalue weighted by molar-refractivity contribution is 6.32. The van der Waals surface area contributed by atoms with E-state index in [4.69, 9.17) is 16.3 Å². The lowest BCUT2D eigenvalue weighted by Crippen LogP contribution is -2.20. The predicted octanol–water partition coefficient (Wildman–Crippen LogP) is 5.83. The first-order chi connectivity index (χ1) is 16.3. The molecular weight excluding hydrogens is 450 g/mol. The molecule has 0 saturated heterocycles. The molecule has 2 N–H and O–H groups in total. The van der Waals surface area contributed by atoms with Crippen molar-refractivity contribution in [2.75, 3.05) is 17.2 Å². The van der Waals surface area contributed by atoms with Crippen LogP contribution in [0.15, 0.2) is 66.2 Å². The van der Waals surface area contributed by atoms with Crippen molar-refractivity contribution in [1.29, 1.82) is 5.26 Å². The third kappa shape index (κ3) is 6.47. The van der Waals surface area contributed by atoms with Gasteiger partial charge in [0, 0.05) is 11.4 Å². The van der Waals surface area contributed by atoms with E-state index in [-0.39, 0.29) is 23.1 Å². The second kappa shape index (κ2) is 11.2. The number of hydrogen-bond acceptors (Lipinski definition) is 4. The Morgan fingerprint density at radius 1 is 0.971 bits per heavy atom. The summed E-state index contributed by atoms with van der Waals surface area (Å²) in [5.41, 5.74) is 4.80. The Labute approximate surface area is 203 Å². The van der Waals surface area contributed by atoms with Crippen LogP contribution >= 0.6 is 11.6 Å². The van der Waals surface area contributed by atoms with Crippen LogP contribution in [0.25, 0.3) is 6.08 Å². The topological polar surface area (TPSA) is 91.2 Å². The van der Waals surface area contributed by atoms with Gasteiger partial charge in [0.05, 0.1) is 5.02 Å². The fourth-order valence-corrected chi connectivity index (χ4v) is 3.47. The number of amides is 2. The molecular formula is C27H24ClN3O3. The monoisotopic (exact) mass is 473 g/mol. The SMILES string of the molecule is Cc1ccc(NC(=O)COc2ccc(/C=C(/C#N)C(=O)Nc3ccccc3C)cc2Cl)c(C)c1. The first-order valence-electron chi connectivity index (χ1n) is 10.5. The van der Waals surface area contributed by atoms with E-state index in [1.807, 2.05) is 57.2 Å². The van der Waals surface area contributed by atoms with Gasteiger partial charge < -0.3 is 15.4 Å². The Morgan fingerprint density at radius 3 is 2.38 bits per heavy atom. The molecule has 0 radical (unpaired) electrons. The molecule has 0 spiro atoms. The number of nitriles is 1. The van der Waals surface area contributed by atoms with Gasteiger partial charge in [0.25, 0.3) is 11.8 Å². The molecule has 172 valence electrons. The van der Waals surface area contributed by atoms with Crippen molar-refractivity contribution < 1.29 is 14.3 Å². The van der Waals surface area contributed by atoms with Crippen molar-refractivity contribution in [1.82, 2.24) is 0 Å². The van der Waals surface area contributed by atoms with Crippen LogP contribution in [0.5, 0.6) is 5.75 Å². The number of carbonyl (C=O) groups is 2. The van der Waals surface area contributed by atoms with E-state index in [0.29, 0.717) is 17.0 Å². The minimum absolute atomic E-state index is 0.0687. The van der Waals surface area contributed by atoms with E-state index in [2.05, 4.69) is 10.6 Å². The fourth-order valence-electron chi connectivity index (χ4n) is 3.23. The molecule has 34 heavy (non-hydrogen) atoms. The lowest BCUT2D eigenvalue weighted by atomic mass is 10.1. The van der Waals surface area contributed by atoms with Crippen LogP contribution in [0, 0.1) is 32.1 Å². The van der Waals surface area contributed by atoms with E-state index in [1.165, 1.54) is 6.08 Å². The van der Waals surface area contributed by atoms with Gasteiger partial charge in [-0.05, 0) is 67.8 Å². The highest BCUT2D eigenvalue weighted by atomic mass is 35.5. The van der Waals surface area contributed by atoms with Gasteiger partial charge in [0.1, 0.15) is 17.4 Å². The second-order valence-electron chi connectivity index (χ2n) is 7.78. The number of ether oxygens (including phenoxy) is 1. The van der Waals surface area contributed by atoms with Gasteiger partial charge in [-0.2, -0.15) is 5.26 Å². The van der Waals surface area contributed by atoms with Crippen molar-refractivity contribution in [3.05, 3.63) is 93.5 Å². The average Bonchev–Trinajstić information content (AvgIpc) is 2.80. The Bertz CT molecular complexity index is 1310. The fraction of sp³-hybridized carbons (Fsp3) is 0.148. The van der Waals surface area contributed by atoms with Crippen LogP contribution in [-0.2, 0) is 9.59 Å². The first kappa shape index (κ1) is 24.6. The number of anilines is 2. The van der Waals surface area contributed by atoms with Gasteiger partial charge in [-0.3, -0.25) is 9.59 Å². The predicted molar refractivity (Wildman–Crippen MR) is 135 cm³/mol. The molecule has 0 atom stereocenters. The second-order valence-corrected chi connectivity index (χ2v) is 8.19. The normalized spacial score (nSPS) is 10.9. The lowest BCUT2D eigenvalue weighted by molar-refractivity contribution is -0.118. The number of halogens is 1. The number of benzene rings is 3. The minimum Gasteiger partial charge on any atom is -0.482 e. The Morgan fingerprint density at radius 2 is 1.71 bits per heavy atom. The summed E-state index contributed by atoms with van der Waals surface area (Å²) in [5.74, 6) is -0.514. The summed E-state index contributed by atoms with van der Waals surface area (Å²) in [6.07, 6.45) is 1.44.